The van der Waals surface area contributed by atoms with Crippen molar-refractivity contribution in [2.75, 3.05) is 12.0 Å². The highest BCUT2D eigenvalue weighted by Crippen LogP contribution is 2.13. The number of unbranched alkanes of at least 4 members (excludes halogenated alkanes) is 1. The van der Waals surface area contributed by atoms with Gasteiger partial charge in [-0.25, -0.2) is 0 Å². The quantitative estimate of drug-likeness (QED) is 0.656. The standard InChI is InChI=1S/C11H15N3S2/c1-16-7-3-2-6-14-10-4-5-12-8-9(10)13-11(14)15/h4-5,8H,2-3,6-7H2,1H3,(H,13,15). The van der Waals surface area contributed by atoms with Gasteiger partial charge in [-0.3, -0.25) is 4.98 Å². The van der Waals surface area contributed by atoms with Crippen LogP contribution in [0.15, 0.2) is 18.5 Å². The second-order valence-corrected chi connectivity index (χ2v) is 5.05. The Labute approximate surface area is 104 Å². The molecule has 0 bridgehead atoms. The summed E-state index contributed by atoms with van der Waals surface area (Å²) in [7, 11) is 0. The molecule has 5 heteroatoms. The highest BCUT2D eigenvalue weighted by Gasteiger charge is 2.02. The maximum Gasteiger partial charge on any atom is 0.178 e. The first-order valence-corrected chi connectivity index (χ1v) is 7.14. The largest absolute Gasteiger partial charge is 0.329 e. The molecular formula is C11H15N3S2. The molecule has 2 aromatic heterocycles. The smallest absolute Gasteiger partial charge is 0.178 e. The van der Waals surface area contributed by atoms with Crippen molar-refractivity contribution in [2.45, 2.75) is 19.4 Å². The molecule has 0 fully saturated rings. The van der Waals surface area contributed by atoms with Gasteiger partial charge in [0.05, 0.1) is 17.2 Å². The lowest BCUT2D eigenvalue weighted by molar-refractivity contribution is 0.643. The van der Waals surface area contributed by atoms with Crippen molar-refractivity contribution in [3.05, 3.63) is 23.2 Å². The first kappa shape index (κ1) is 11.7. The number of rotatable bonds is 5. The molecule has 3 nitrogen and oxygen atoms in total. The van der Waals surface area contributed by atoms with Crippen molar-refractivity contribution in [1.82, 2.24) is 14.5 Å². The van der Waals surface area contributed by atoms with Gasteiger partial charge in [0.15, 0.2) is 4.77 Å². The number of pyridine rings is 1. The maximum atomic E-state index is 5.31. The third-order valence-electron chi connectivity index (χ3n) is 2.56. The van der Waals surface area contributed by atoms with E-state index in [1.54, 1.807) is 0 Å². The third-order valence-corrected chi connectivity index (χ3v) is 3.58. The molecule has 0 saturated heterocycles. The van der Waals surface area contributed by atoms with E-state index in [1.807, 2.05) is 30.2 Å². The molecular weight excluding hydrogens is 238 g/mol. The Balaban J connectivity index is 2.16. The van der Waals surface area contributed by atoms with Crippen LogP contribution >= 0.6 is 24.0 Å². The minimum Gasteiger partial charge on any atom is -0.329 e. The van der Waals surface area contributed by atoms with Crippen molar-refractivity contribution in [3.8, 4) is 0 Å². The van der Waals surface area contributed by atoms with Gasteiger partial charge < -0.3 is 9.55 Å². The number of aromatic nitrogens is 3. The van der Waals surface area contributed by atoms with Gasteiger partial charge in [-0.1, -0.05) is 0 Å². The molecule has 0 saturated carbocycles. The van der Waals surface area contributed by atoms with E-state index >= 15 is 0 Å². The lowest BCUT2D eigenvalue weighted by Gasteiger charge is -2.03. The lowest BCUT2D eigenvalue weighted by Crippen LogP contribution is -1.98. The minimum atomic E-state index is 0.798. The molecule has 0 aromatic carbocycles. The number of H-pyrrole nitrogens is 1. The highest BCUT2D eigenvalue weighted by atomic mass is 32.2. The summed E-state index contributed by atoms with van der Waals surface area (Å²) in [4.78, 5) is 7.26. The molecule has 2 aromatic rings. The number of imidazole rings is 1. The van der Waals surface area contributed by atoms with Crippen LogP contribution in [0.4, 0.5) is 0 Å². The number of thioether (sulfide) groups is 1. The Bertz CT molecular complexity index is 515. The van der Waals surface area contributed by atoms with Gasteiger partial charge in [-0.05, 0) is 43.1 Å². The molecule has 0 radical (unpaired) electrons. The SMILES string of the molecule is CSCCCCn1c(=S)[nH]c2cnccc21. The molecule has 0 aliphatic carbocycles. The van der Waals surface area contributed by atoms with Gasteiger partial charge in [0.1, 0.15) is 0 Å². The number of hydrogen-bond donors (Lipinski definition) is 1. The lowest BCUT2D eigenvalue weighted by atomic mass is 10.3. The van der Waals surface area contributed by atoms with Crippen LogP contribution in [0.1, 0.15) is 12.8 Å². The average Bonchev–Trinajstić information content (AvgIpc) is 2.61. The number of fused-ring (bicyclic) bond motifs is 1. The molecule has 2 heterocycles. The molecule has 0 aliphatic rings. The number of nitrogens with one attached hydrogen (secondary N) is 1. The number of aromatic amines is 1. The van der Waals surface area contributed by atoms with E-state index in [-0.39, 0.29) is 0 Å². The molecule has 86 valence electrons. The van der Waals surface area contributed by atoms with Gasteiger partial charge >= 0.3 is 0 Å². The summed E-state index contributed by atoms with van der Waals surface area (Å²) in [6.45, 7) is 0.989. The summed E-state index contributed by atoms with van der Waals surface area (Å²) in [5.74, 6) is 1.22. The second-order valence-electron chi connectivity index (χ2n) is 3.67. The van der Waals surface area contributed by atoms with Crippen LogP contribution < -0.4 is 0 Å². The minimum absolute atomic E-state index is 0.798. The summed E-state index contributed by atoms with van der Waals surface area (Å²) < 4.78 is 2.96. The van der Waals surface area contributed by atoms with E-state index < -0.39 is 0 Å². The monoisotopic (exact) mass is 253 g/mol. The predicted octanol–water partition coefficient (Wildman–Crippen LogP) is 3.24. The number of hydrogen-bond acceptors (Lipinski definition) is 3. The van der Waals surface area contributed by atoms with E-state index in [9.17, 15) is 0 Å². The number of aryl methyl sites for hydroxylation is 1. The highest BCUT2D eigenvalue weighted by molar-refractivity contribution is 7.98. The molecule has 16 heavy (non-hydrogen) atoms. The summed E-state index contributed by atoms with van der Waals surface area (Å²) in [6.07, 6.45) is 8.18. The van der Waals surface area contributed by atoms with Gasteiger partial charge in [0.2, 0.25) is 0 Å². The summed E-state index contributed by atoms with van der Waals surface area (Å²) in [5.41, 5.74) is 2.18. The zero-order valence-electron chi connectivity index (χ0n) is 9.27. The second kappa shape index (κ2) is 5.50. The van der Waals surface area contributed by atoms with Crippen LogP contribution in [-0.4, -0.2) is 26.5 Å². The summed E-state index contributed by atoms with van der Waals surface area (Å²) >= 11 is 7.20. The van der Waals surface area contributed by atoms with Crippen LogP contribution in [0.2, 0.25) is 0 Å². The Morgan fingerprint density at radius 2 is 2.38 bits per heavy atom. The number of nitrogens with zero attached hydrogens (tertiary/aromatic N) is 2. The Hall–Kier alpha value is -0.810. The van der Waals surface area contributed by atoms with Crippen molar-refractivity contribution in [1.29, 1.82) is 0 Å². The first-order chi connectivity index (χ1) is 7.83. The van der Waals surface area contributed by atoms with Crippen LogP contribution in [0.5, 0.6) is 0 Å². The third kappa shape index (κ3) is 2.47. The van der Waals surface area contributed by atoms with E-state index in [4.69, 9.17) is 12.2 Å². The van der Waals surface area contributed by atoms with Gasteiger partial charge in [0, 0.05) is 12.7 Å². The van der Waals surface area contributed by atoms with Crippen LogP contribution in [0.3, 0.4) is 0 Å². The Morgan fingerprint density at radius 1 is 1.50 bits per heavy atom. The van der Waals surface area contributed by atoms with Crippen LogP contribution in [0, 0.1) is 4.77 Å². The zero-order valence-corrected chi connectivity index (χ0v) is 10.9. The summed E-state index contributed by atoms with van der Waals surface area (Å²) in [5, 5.41) is 0. The summed E-state index contributed by atoms with van der Waals surface area (Å²) in [6, 6.07) is 2.01. The molecule has 0 amide bonds. The van der Waals surface area contributed by atoms with E-state index in [0.29, 0.717) is 0 Å². The van der Waals surface area contributed by atoms with E-state index in [0.717, 1.165) is 22.3 Å². The van der Waals surface area contributed by atoms with Gasteiger partial charge in [0.25, 0.3) is 0 Å². The molecule has 0 aliphatic heterocycles. The molecule has 0 spiro atoms. The maximum absolute atomic E-state index is 5.31. The molecule has 1 N–H and O–H groups in total. The zero-order chi connectivity index (χ0) is 11.4. The fourth-order valence-electron chi connectivity index (χ4n) is 1.75. The van der Waals surface area contributed by atoms with Gasteiger partial charge in [-0.15, -0.1) is 0 Å². The fraction of sp³-hybridized carbons (Fsp3) is 0.455. The molecule has 2 rings (SSSR count). The van der Waals surface area contributed by atoms with E-state index in [1.165, 1.54) is 18.6 Å². The van der Waals surface area contributed by atoms with Crippen LogP contribution in [0.25, 0.3) is 11.0 Å². The van der Waals surface area contributed by atoms with Crippen molar-refractivity contribution in [2.24, 2.45) is 0 Å². The normalized spacial score (nSPS) is 11.1. The van der Waals surface area contributed by atoms with Gasteiger partial charge in [-0.2, -0.15) is 11.8 Å². The average molecular weight is 253 g/mol. The molecule has 0 unspecified atom stereocenters. The van der Waals surface area contributed by atoms with E-state index in [2.05, 4.69) is 20.8 Å². The fourth-order valence-corrected chi connectivity index (χ4v) is 2.54. The Morgan fingerprint density at radius 3 is 3.19 bits per heavy atom. The molecule has 0 atom stereocenters. The van der Waals surface area contributed by atoms with Crippen LogP contribution in [-0.2, 0) is 6.54 Å². The van der Waals surface area contributed by atoms with Crippen molar-refractivity contribution < 1.29 is 0 Å². The Kier molecular flexibility index (Phi) is 4.01. The topological polar surface area (TPSA) is 33.6 Å². The van der Waals surface area contributed by atoms with Crippen molar-refractivity contribution in [3.63, 3.8) is 0 Å². The van der Waals surface area contributed by atoms with Crippen molar-refractivity contribution >= 4 is 35.0 Å². The first-order valence-electron chi connectivity index (χ1n) is 5.34. The predicted molar refractivity (Wildman–Crippen MR) is 72.5 cm³/mol.